The van der Waals surface area contributed by atoms with Crippen LogP contribution in [0.1, 0.15) is 23.5 Å². The van der Waals surface area contributed by atoms with Gasteiger partial charge in [-0.2, -0.15) is 0 Å². The lowest BCUT2D eigenvalue weighted by molar-refractivity contribution is 0.273. The van der Waals surface area contributed by atoms with E-state index in [9.17, 15) is 4.21 Å². The van der Waals surface area contributed by atoms with Crippen molar-refractivity contribution in [3.8, 4) is 5.75 Å². The van der Waals surface area contributed by atoms with E-state index >= 15 is 0 Å². The second-order valence-electron chi connectivity index (χ2n) is 5.35. The third-order valence-corrected chi connectivity index (χ3v) is 5.64. The number of ether oxygens (including phenoxy) is 1. The lowest BCUT2D eigenvalue weighted by Gasteiger charge is -2.25. The minimum atomic E-state index is -1.05. The predicted octanol–water partition coefficient (Wildman–Crippen LogP) is 3.25. The molecule has 2 unspecified atom stereocenters. The number of fused-ring (bicyclic) bond motifs is 1. The van der Waals surface area contributed by atoms with Crippen molar-refractivity contribution in [1.82, 2.24) is 0 Å². The molecule has 3 rings (SSSR count). The number of nitrogens with two attached hydrogens (primary N) is 1. The Kier molecular flexibility index (Phi) is 3.97. The highest BCUT2D eigenvalue weighted by molar-refractivity contribution is 7.85. The maximum absolute atomic E-state index is 12.7. The van der Waals surface area contributed by atoms with Gasteiger partial charge in [0.05, 0.1) is 17.4 Å². The lowest BCUT2D eigenvalue weighted by Crippen LogP contribution is -2.19. The Balaban J connectivity index is 1.85. The SMILES string of the molecule is Cc1c(N)cccc1S(=O)CC1CCOc2ccccc21. The summed E-state index contributed by atoms with van der Waals surface area (Å²) in [4.78, 5) is 0.846. The van der Waals surface area contributed by atoms with Crippen LogP contribution in [0.4, 0.5) is 5.69 Å². The predicted molar refractivity (Wildman–Crippen MR) is 86.2 cm³/mol. The van der Waals surface area contributed by atoms with E-state index in [0.29, 0.717) is 18.0 Å². The quantitative estimate of drug-likeness (QED) is 0.885. The molecule has 0 amide bonds. The van der Waals surface area contributed by atoms with Crippen molar-refractivity contribution < 1.29 is 8.95 Å². The lowest BCUT2D eigenvalue weighted by atomic mass is 9.95. The molecule has 0 bridgehead atoms. The molecule has 1 aliphatic heterocycles. The van der Waals surface area contributed by atoms with Gasteiger partial charge in [0.25, 0.3) is 0 Å². The summed E-state index contributed by atoms with van der Waals surface area (Å²) in [5.41, 5.74) is 8.71. The minimum Gasteiger partial charge on any atom is -0.493 e. The average Bonchev–Trinajstić information content (AvgIpc) is 2.50. The standard InChI is InChI=1S/C17H19NO2S/c1-12-15(18)6-4-8-17(12)21(19)11-13-9-10-20-16-7-3-2-5-14(13)16/h2-8,13H,9-11,18H2,1H3. The second kappa shape index (κ2) is 5.90. The smallest absolute Gasteiger partial charge is 0.122 e. The van der Waals surface area contributed by atoms with Crippen LogP contribution in [0, 0.1) is 6.92 Å². The maximum atomic E-state index is 12.7. The Morgan fingerprint density at radius 1 is 1.24 bits per heavy atom. The van der Waals surface area contributed by atoms with E-state index in [-0.39, 0.29) is 5.92 Å². The van der Waals surface area contributed by atoms with Gasteiger partial charge in [0.1, 0.15) is 5.75 Å². The Morgan fingerprint density at radius 3 is 2.90 bits per heavy atom. The first-order chi connectivity index (χ1) is 10.2. The molecule has 4 heteroatoms. The second-order valence-corrected chi connectivity index (χ2v) is 6.82. The zero-order valence-electron chi connectivity index (χ0n) is 12.0. The van der Waals surface area contributed by atoms with Gasteiger partial charge in [-0.3, -0.25) is 4.21 Å². The molecule has 1 aliphatic rings. The van der Waals surface area contributed by atoms with Crippen LogP contribution in [-0.2, 0) is 10.8 Å². The van der Waals surface area contributed by atoms with Crippen LogP contribution in [0.15, 0.2) is 47.4 Å². The third kappa shape index (κ3) is 2.81. The molecule has 0 saturated carbocycles. The largest absolute Gasteiger partial charge is 0.493 e. The maximum Gasteiger partial charge on any atom is 0.122 e. The molecule has 0 fully saturated rings. The fourth-order valence-electron chi connectivity index (χ4n) is 2.74. The van der Waals surface area contributed by atoms with E-state index in [2.05, 4.69) is 6.07 Å². The van der Waals surface area contributed by atoms with Gasteiger partial charge >= 0.3 is 0 Å². The average molecular weight is 301 g/mol. The van der Waals surface area contributed by atoms with E-state index in [1.54, 1.807) is 0 Å². The van der Waals surface area contributed by atoms with Gasteiger partial charge < -0.3 is 10.5 Å². The third-order valence-electron chi connectivity index (χ3n) is 4.01. The fourth-order valence-corrected chi connectivity index (χ4v) is 4.32. The summed E-state index contributed by atoms with van der Waals surface area (Å²) in [7, 11) is -1.05. The molecule has 21 heavy (non-hydrogen) atoms. The molecule has 2 atom stereocenters. The molecular formula is C17H19NO2S. The van der Waals surface area contributed by atoms with Crippen molar-refractivity contribution in [3.05, 3.63) is 53.6 Å². The van der Waals surface area contributed by atoms with Crippen LogP contribution < -0.4 is 10.5 Å². The van der Waals surface area contributed by atoms with Crippen molar-refractivity contribution in [2.24, 2.45) is 0 Å². The zero-order valence-corrected chi connectivity index (χ0v) is 12.9. The van der Waals surface area contributed by atoms with Crippen LogP contribution in [0.25, 0.3) is 0 Å². The minimum absolute atomic E-state index is 0.275. The highest BCUT2D eigenvalue weighted by Gasteiger charge is 2.24. The number of rotatable bonds is 3. The Labute approximate surface area is 127 Å². The Morgan fingerprint density at radius 2 is 2.05 bits per heavy atom. The van der Waals surface area contributed by atoms with Crippen LogP contribution in [0.5, 0.6) is 5.75 Å². The van der Waals surface area contributed by atoms with Gasteiger partial charge in [0.2, 0.25) is 0 Å². The van der Waals surface area contributed by atoms with E-state index in [1.165, 1.54) is 5.56 Å². The summed E-state index contributed by atoms with van der Waals surface area (Å²) in [6.07, 6.45) is 0.907. The summed E-state index contributed by atoms with van der Waals surface area (Å²) in [6, 6.07) is 13.7. The van der Waals surface area contributed by atoms with Gasteiger partial charge in [0.15, 0.2) is 0 Å². The summed E-state index contributed by atoms with van der Waals surface area (Å²) in [6.45, 7) is 2.62. The van der Waals surface area contributed by atoms with E-state index in [4.69, 9.17) is 10.5 Å². The molecule has 3 nitrogen and oxygen atoms in total. The van der Waals surface area contributed by atoms with E-state index < -0.39 is 10.8 Å². The first kappa shape index (κ1) is 14.1. The molecule has 2 N–H and O–H groups in total. The van der Waals surface area contributed by atoms with Crippen LogP contribution in [0.3, 0.4) is 0 Å². The van der Waals surface area contributed by atoms with Gasteiger partial charge in [-0.1, -0.05) is 24.3 Å². The topological polar surface area (TPSA) is 52.3 Å². The van der Waals surface area contributed by atoms with Gasteiger partial charge in [-0.25, -0.2) is 0 Å². The molecule has 0 spiro atoms. The monoisotopic (exact) mass is 301 g/mol. The fraction of sp³-hybridized carbons (Fsp3) is 0.294. The van der Waals surface area contributed by atoms with Crippen molar-refractivity contribution in [1.29, 1.82) is 0 Å². The number of nitrogen functional groups attached to an aromatic ring is 1. The summed E-state index contributed by atoms with van der Waals surface area (Å²) >= 11 is 0. The number of benzene rings is 2. The first-order valence-electron chi connectivity index (χ1n) is 7.12. The van der Waals surface area contributed by atoms with Gasteiger partial charge in [-0.15, -0.1) is 0 Å². The van der Waals surface area contributed by atoms with E-state index in [0.717, 1.165) is 22.6 Å². The van der Waals surface area contributed by atoms with Crippen molar-refractivity contribution >= 4 is 16.5 Å². The molecule has 0 aromatic heterocycles. The highest BCUT2D eigenvalue weighted by Crippen LogP contribution is 2.35. The highest BCUT2D eigenvalue weighted by atomic mass is 32.2. The van der Waals surface area contributed by atoms with Crippen LogP contribution in [0.2, 0.25) is 0 Å². The normalized spacial score (nSPS) is 18.6. The number of hydrogen-bond donors (Lipinski definition) is 1. The number of para-hydroxylation sites is 1. The van der Waals surface area contributed by atoms with Gasteiger partial charge in [-0.05, 0) is 42.7 Å². The Bertz CT molecular complexity index is 684. The molecular weight excluding hydrogens is 282 g/mol. The molecule has 110 valence electrons. The molecule has 0 radical (unpaired) electrons. The molecule has 1 heterocycles. The molecule has 2 aromatic rings. The molecule has 2 aromatic carbocycles. The van der Waals surface area contributed by atoms with Crippen molar-refractivity contribution in [2.45, 2.75) is 24.2 Å². The van der Waals surface area contributed by atoms with Crippen LogP contribution in [-0.4, -0.2) is 16.6 Å². The van der Waals surface area contributed by atoms with Crippen molar-refractivity contribution in [2.75, 3.05) is 18.1 Å². The Hall–Kier alpha value is -1.81. The number of anilines is 1. The summed E-state index contributed by atoms with van der Waals surface area (Å²) < 4.78 is 18.4. The van der Waals surface area contributed by atoms with Gasteiger partial charge in [0, 0.05) is 22.3 Å². The molecule has 0 aliphatic carbocycles. The van der Waals surface area contributed by atoms with Crippen LogP contribution >= 0.6 is 0 Å². The molecule has 0 saturated heterocycles. The summed E-state index contributed by atoms with van der Waals surface area (Å²) in [5, 5.41) is 0. The van der Waals surface area contributed by atoms with Crippen molar-refractivity contribution in [3.63, 3.8) is 0 Å². The summed E-state index contributed by atoms with van der Waals surface area (Å²) in [5.74, 6) is 1.82. The van der Waals surface area contributed by atoms with E-state index in [1.807, 2.05) is 43.3 Å². The number of hydrogen-bond acceptors (Lipinski definition) is 3. The zero-order chi connectivity index (χ0) is 14.8. The first-order valence-corrected chi connectivity index (χ1v) is 8.44.